The molecule has 1 unspecified atom stereocenters. The van der Waals surface area contributed by atoms with Gasteiger partial charge in [-0.3, -0.25) is 4.79 Å². The Morgan fingerprint density at radius 1 is 1.40 bits per heavy atom. The van der Waals surface area contributed by atoms with E-state index in [-0.39, 0.29) is 12.5 Å². The van der Waals surface area contributed by atoms with E-state index in [1.54, 1.807) is 12.5 Å². The van der Waals surface area contributed by atoms with Gasteiger partial charge < -0.3 is 20.7 Å². The van der Waals surface area contributed by atoms with Crippen LogP contribution in [0.5, 0.6) is 0 Å². The SMILES string of the molecule is CCC(CCNC(=O)NCc1cnc[nH]1)CCC(=O)O. The molecule has 0 saturated heterocycles. The lowest BCUT2D eigenvalue weighted by molar-refractivity contribution is -0.137. The van der Waals surface area contributed by atoms with Gasteiger partial charge >= 0.3 is 12.0 Å². The largest absolute Gasteiger partial charge is 0.481 e. The summed E-state index contributed by atoms with van der Waals surface area (Å²) in [6.07, 6.45) is 5.77. The average molecular weight is 282 g/mol. The van der Waals surface area contributed by atoms with Gasteiger partial charge in [0.05, 0.1) is 18.6 Å². The number of H-pyrrole nitrogens is 1. The molecule has 7 heteroatoms. The Bertz CT molecular complexity index is 406. The van der Waals surface area contributed by atoms with Crippen LogP contribution < -0.4 is 10.6 Å². The first-order chi connectivity index (χ1) is 9.61. The molecule has 1 aromatic heterocycles. The van der Waals surface area contributed by atoms with Crippen LogP contribution in [0.4, 0.5) is 4.79 Å². The second-order valence-corrected chi connectivity index (χ2v) is 4.68. The van der Waals surface area contributed by atoms with Crippen LogP contribution in [0.25, 0.3) is 0 Å². The van der Waals surface area contributed by atoms with Gasteiger partial charge in [0.15, 0.2) is 0 Å². The van der Waals surface area contributed by atoms with Crippen molar-refractivity contribution >= 4 is 12.0 Å². The number of carbonyl (C=O) groups is 2. The fraction of sp³-hybridized carbons (Fsp3) is 0.615. The van der Waals surface area contributed by atoms with E-state index in [0.717, 1.165) is 18.5 Å². The fourth-order valence-corrected chi connectivity index (χ4v) is 1.89. The number of rotatable bonds is 9. The number of nitrogens with one attached hydrogen (secondary N) is 3. The number of amides is 2. The number of carboxylic acids is 1. The second-order valence-electron chi connectivity index (χ2n) is 4.68. The summed E-state index contributed by atoms with van der Waals surface area (Å²) in [4.78, 5) is 28.8. The van der Waals surface area contributed by atoms with E-state index in [2.05, 4.69) is 20.6 Å². The molecule has 0 fully saturated rings. The van der Waals surface area contributed by atoms with Crippen molar-refractivity contribution in [3.05, 3.63) is 18.2 Å². The van der Waals surface area contributed by atoms with Crippen molar-refractivity contribution < 1.29 is 14.7 Å². The maximum atomic E-state index is 11.5. The highest BCUT2D eigenvalue weighted by Gasteiger charge is 2.09. The van der Waals surface area contributed by atoms with Crippen LogP contribution in [0.2, 0.25) is 0 Å². The van der Waals surface area contributed by atoms with E-state index in [4.69, 9.17) is 5.11 Å². The molecular formula is C13H22N4O3. The van der Waals surface area contributed by atoms with Gasteiger partial charge in [-0.25, -0.2) is 9.78 Å². The molecule has 1 rings (SSSR count). The first kappa shape index (κ1) is 16.0. The summed E-state index contributed by atoms with van der Waals surface area (Å²) in [5.41, 5.74) is 0.841. The molecule has 20 heavy (non-hydrogen) atoms. The molecule has 0 aliphatic heterocycles. The van der Waals surface area contributed by atoms with Crippen molar-refractivity contribution in [2.24, 2.45) is 5.92 Å². The Labute approximate surface area is 118 Å². The van der Waals surface area contributed by atoms with Gasteiger partial charge in [0.25, 0.3) is 0 Å². The van der Waals surface area contributed by atoms with Crippen LogP contribution in [0.15, 0.2) is 12.5 Å². The maximum absolute atomic E-state index is 11.5. The van der Waals surface area contributed by atoms with Gasteiger partial charge in [-0.2, -0.15) is 0 Å². The fourth-order valence-electron chi connectivity index (χ4n) is 1.89. The van der Waals surface area contributed by atoms with Gasteiger partial charge in [0, 0.05) is 19.2 Å². The summed E-state index contributed by atoms with van der Waals surface area (Å²) in [6, 6.07) is -0.229. The molecule has 1 aromatic rings. The first-order valence-electron chi connectivity index (χ1n) is 6.82. The minimum atomic E-state index is -0.770. The number of aromatic amines is 1. The molecule has 1 heterocycles. The normalized spacial score (nSPS) is 11.8. The van der Waals surface area contributed by atoms with Crippen molar-refractivity contribution in [3.8, 4) is 0 Å². The summed E-state index contributed by atoms with van der Waals surface area (Å²) in [5.74, 6) is -0.437. The van der Waals surface area contributed by atoms with Crippen molar-refractivity contribution in [2.75, 3.05) is 6.54 Å². The molecule has 0 bridgehead atoms. The number of nitrogens with zero attached hydrogens (tertiary/aromatic N) is 1. The minimum absolute atomic E-state index is 0.185. The number of carbonyl (C=O) groups excluding carboxylic acids is 1. The monoisotopic (exact) mass is 282 g/mol. The highest BCUT2D eigenvalue weighted by Crippen LogP contribution is 2.14. The van der Waals surface area contributed by atoms with Gasteiger partial charge in [0.2, 0.25) is 0 Å². The number of hydrogen-bond acceptors (Lipinski definition) is 3. The van der Waals surface area contributed by atoms with E-state index in [1.165, 1.54) is 0 Å². The lowest BCUT2D eigenvalue weighted by Gasteiger charge is -2.14. The molecule has 112 valence electrons. The number of hydrogen-bond donors (Lipinski definition) is 4. The summed E-state index contributed by atoms with van der Waals surface area (Å²) < 4.78 is 0. The van der Waals surface area contributed by atoms with Crippen LogP contribution in [-0.2, 0) is 11.3 Å². The lowest BCUT2D eigenvalue weighted by Crippen LogP contribution is -2.36. The highest BCUT2D eigenvalue weighted by molar-refractivity contribution is 5.73. The third kappa shape index (κ3) is 6.77. The van der Waals surface area contributed by atoms with E-state index in [1.807, 2.05) is 6.92 Å². The molecule has 7 nitrogen and oxygen atoms in total. The highest BCUT2D eigenvalue weighted by atomic mass is 16.4. The molecule has 2 amide bonds. The van der Waals surface area contributed by atoms with Gasteiger partial charge in [-0.05, 0) is 18.8 Å². The lowest BCUT2D eigenvalue weighted by atomic mass is 9.97. The third-order valence-corrected chi connectivity index (χ3v) is 3.18. The number of imidazole rings is 1. The molecule has 0 spiro atoms. The molecular weight excluding hydrogens is 260 g/mol. The summed E-state index contributed by atoms with van der Waals surface area (Å²) >= 11 is 0. The number of carboxylic acid groups (broad SMARTS) is 1. The van der Waals surface area contributed by atoms with Crippen LogP contribution in [0.3, 0.4) is 0 Å². The topological polar surface area (TPSA) is 107 Å². The third-order valence-electron chi connectivity index (χ3n) is 3.18. The summed E-state index contributed by atoms with van der Waals surface area (Å²) in [7, 11) is 0. The molecule has 0 saturated carbocycles. The Hall–Kier alpha value is -2.05. The zero-order valence-electron chi connectivity index (χ0n) is 11.7. The zero-order chi connectivity index (χ0) is 14.8. The molecule has 0 aliphatic carbocycles. The van der Waals surface area contributed by atoms with Crippen molar-refractivity contribution in [2.45, 2.75) is 39.2 Å². The number of urea groups is 1. The van der Waals surface area contributed by atoms with E-state index in [0.29, 0.717) is 25.4 Å². The zero-order valence-corrected chi connectivity index (χ0v) is 11.7. The predicted octanol–water partition coefficient (Wildman–Crippen LogP) is 1.49. The summed E-state index contributed by atoms with van der Waals surface area (Å²) in [6.45, 7) is 2.99. The van der Waals surface area contributed by atoms with Crippen LogP contribution in [0, 0.1) is 5.92 Å². The van der Waals surface area contributed by atoms with Gasteiger partial charge in [-0.15, -0.1) is 0 Å². The van der Waals surface area contributed by atoms with Crippen molar-refractivity contribution in [3.63, 3.8) is 0 Å². The molecule has 1 atom stereocenters. The van der Waals surface area contributed by atoms with Crippen LogP contribution in [-0.4, -0.2) is 33.6 Å². The van der Waals surface area contributed by atoms with Crippen LogP contribution in [0.1, 0.15) is 38.3 Å². The maximum Gasteiger partial charge on any atom is 0.315 e. The Kier molecular flexibility index (Phi) is 7.16. The van der Waals surface area contributed by atoms with E-state index >= 15 is 0 Å². The predicted molar refractivity (Wildman–Crippen MR) is 74.1 cm³/mol. The average Bonchev–Trinajstić information content (AvgIpc) is 2.93. The van der Waals surface area contributed by atoms with Crippen molar-refractivity contribution in [1.82, 2.24) is 20.6 Å². The first-order valence-corrected chi connectivity index (χ1v) is 6.82. The van der Waals surface area contributed by atoms with E-state index < -0.39 is 5.97 Å². The van der Waals surface area contributed by atoms with Crippen molar-refractivity contribution in [1.29, 1.82) is 0 Å². The quantitative estimate of drug-likeness (QED) is 0.550. The number of aromatic nitrogens is 2. The number of aliphatic carboxylic acids is 1. The summed E-state index contributed by atoms with van der Waals surface area (Å²) in [5, 5.41) is 14.1. The Morgan fingerprint density at radius 2 is 2.20 bits per heavy atom. The van der Waals surface area contributed by atoms with E-state index in [9.17, 15) is 9.59 Å². The Morgan fingerprint density at radius 3 is 2.80 bits per heavy atom. The Balaban J connectivity index is 2.11. The van der Waals surface area contributed by atoms with Gasteiger partial charge in [0.1, 0.15) is 0 Å². The minimum Gasteiger partial charge on any atom is -0.481 e. The molecule has 0 aromatic carbocycles. The molecule has 4 N–H and O–H groups in total. The van der Waals surface area contributed by atoms with Crippen LogP contribution >= 0.6 is 0 Å². The smallest absolute Gasteiger partial charge is 0.315 e. The molecule has 0 radical (unpaired) electrons. The molecule has 0 aliphatic rings. The standard InChI is InChI=1S/C13H22N4O3/c1-2-10(3-4-12(18)19)5-6-15-13(20)16-8-11-7-14-9-17-11/h7,9-10H,2-6,8H2,1H3,(H,14,17)(H,18,19)(H2,15,16,20). The second kappa shape index (κ2) is 8.95. The van der Waals surface area contributed by atoms with Gasteiger partial charge in [-0.1, -0.05) is 13.3 Å².